The second kappa shape index (κ2) is 8.46. The average molecular weight is 421 g/mol. The molecule has 2 aromatic carbocycles. The number of nitrogens with one attached hydrogen (secondary N) is 1. The van der Waals surface area contributed by atoms with E-state index in [1.807, 2.05) is 24.3 Å². The third kappa shape index (κ3) is 4.23. The first-order valence-electron chi connectivity index (χ1n) is 9.20. The van der Waals surface area contributed by atoms with E-state index in [1.54, 1.807) is 44.4 Å². The van der Waals surface area contributed by atoms with E-state index in [-0.39, 0.29) is 11.5 Å². The number of hydrogen-bond donors (Lipinski definition) is 1. The van der Waals surface area contributed by atoms with Crippen LogP contribution in [0.4, 0.5) is 5.69 Å². The molecular formula is C22H19N3O4S. The summed E-state index contributed by atoms with van der Waals surface area (Å²) in [4.78, 5) is 30.2. The van der Waals surface area contributed by atoms with Crippen molar-refractivity contribution >= 4 is 29.0 Å². The number of anilines is 1. The smallest absolute Gasteiger partial charge is 0.287 e. The minimum absolute atomic E-state index is 0.228. The van der Waals surface area contributed by atoms with Crippen LogP contribution in [-0.4, -0.2) is 22.6 Å². The van der Waals surface area contributed by atoms with Gasteiger partial charge in [-0.3, -0.25) is 9.59 Å². The fourth-order valence-corrected chi connectivity index (χ4v) is 3.85. The van der Waals surface area contributed by atoms with E-state index >= 15 is 0 Å². The largest absolute Gasteiger partial charge is 0.497 e. The summed E-state index contributed by atoms with van der Waals surface area (Å²) in [7, 11) is 1.56. The van der Waals surface area contributed by atoms with Gasteiger partial charge < -0.3 is 14.6 Å². The summed E-state index contributed by atoms with van der Waals surface area (Å²) >= 11 is 1.49. The number of para-hydroxylation sites is 1. The van der Waals surface area contributed by atoms with Crippen molar-refractivity contribution in [3.05, 3.63) is 88.0 Å². The summed E-state index contributed by atoms with van der Waals surface area (Å²) in [6.07, 6.45) is 0. The molecule has 4 aromatic rings. The fourth-order valence-electron chi connectivity index (χ4n) is 2.95. The van der Waals surface area contributed by atoms with E-state index in [9.17, 15) is 9.59 Å². The Labute approximate surface area is 176 Å². The molecular weight excluding hydrogens is 402 g/mol. The van der Waals surface area contributed by atoms with Crippen LogP contribution in [-0.2, 0) is 5.75 Å². The van der Waals surface area contributed by atoms with E-state index < -0.39 is 0 Å². The van der Waals surface area contributed by atoms with Gasteiger partial charge in [0, 0.05) is 28.3 Å². The Morgan fingerprint density at radius 1 is 1.17 bits per heavy atom. The Morgan fingerprint density at radius 3 is 2.83 bits per heavy atom. The van der Waals surface area contributed by atoms with E-state index in [1.165, 1.54) is 22.4 Å². The van der Waals surface area contributed by atoms with Gasteiger partial charge in [-0.15, -0.1) is 16.3 Å². The van der Waals surface area contributed by atoms with Crippen molar-refractivity contribution in [2.24, 2.45) is 0 Å². The molecule has 0 unspecified atom stereocenters. The van der Waals surface area contributed by atoms with Crippen molar-refractivity contribution in [1.82, 2.24) is 9.56 Å². The molecule has 152 valence electrons. The van der Waals surface area contributed by atoms with Crippen molar-refractivity contribution in [1.29, 1.82) is 0 Å². The maximum Gasteiger partial charge on any atom is 0.287 e. The number of hydrogen-bond acceptors (Lipinski definition) is 6. The van der Waals surface area contributed by atoms with Crippen LogP contribution in [0.5, 0.6) is 5.75 Å². The number of thioether (sulfide) groups is 1. The lowest BCUT2D eigenvalue weighted by molar-refractivity contribution is 0.102. The number of carbonyl (C=O) groups excluding carboxylic acids is 1. The van der Waals surface area contributed by atoms with E-state index in [2.05, 4.69) is 10.3 Å². The lowest BCUT2D eigenvalue weighted by Gasteiger charge is -2.11. The quantitative estimate of drug-likeness (QED) is 0.471. The lowest BCUT2D eigenvalue weighted by Crippen LogP contribution is -2.13. The molecule has 4 rings (SSSR count). The number of nitrogens with zero attached hydrogens (tertiary/aromatic N) is 2. The van der Waals surface area contributed by atoms with Gasteiger partial charge in [0.05, 0.1) is 18.5 Å². The molecule has 0 atom stereocenters. The van der Waals surface area contributed by atoms with Gasteiger partial charge in [-0.2, -0.15) is 0 Å². The zero-order valence-corrected chi connectivity index (χ0v) is 17.2. The summed E-state index contributed by atoms with van der Waals surface area (Å²) in [6, 6.07) is 17.7. The highest BCUT2D eigenvalue weighted by atomic mass is 32.2. The molecule has 0 aliphatic rings. The molecule has 30 heavy (non-hydrogen) atoms. The summed E-state index contributed by atoms with van der Waals surface area (Å²) in [5.74, 6) is 1.48. The van der Waals surface area contributed by atoms with Crippen LogP contribution in [0, 0.1) is 6.92 Å². The molecule has 0 bridgehead atoms. The van der Waals surface area contributed by atoms with Crippen molar-refractivity contribution in [3.8, 4) is 5.75 Å². The van der Waals surface area contributed by atoms with Gasteiger partial charge in [-0.25, -0.2) is 4.98 Å². The second-order valence-corrected chi connectivity index (χ2v) is 7.57. The monoisotopic (exact) mass is 421 g/mol. The highest BCUT2D eigenvalue weighted by molar-refractivity contribution is 7.98. The first kappa shape index (κ1) is 19.8. The number of aryl methyl sites for hydroxylation is 1. The first-order valence-corrected chi connectivity index (χ1v) is 10.2. The van der Waals surface area contributed by atoms with E-state index in [0.717, 1.165) is 4.90 Å². The highest BCUT2D eigenvalue weighted by Gasteiger charge is 2.12. The van der Waals surface area contributed by atoms with Crippen molar-refractivity contribution in [3.63, 3.8) is 0 Å². The topological polar surface area (TPSA) is 85.8 Å². The van der Waals surface area contributed by atoms with Crippen LogP contribution < -0.4 is 15.6 Å². The first-order chi connectivity index (χ1) is 14.5. The number of aromatic nitrogens is 2. The third-order valence-electron chi connectivity index (χ3n) is 4.37. The van der Waals surface area contributed by atoms with Crippen LogP contribution in [0.3, 0.4) is 0 Å². The number of rotatable bonds is 6. The van der Waals surface area contributed by atoms with Crippen LogP contribution in [0.15, 0.2) is 74.9 Å². The normalized spacial score (nSPS) is 10.9. The molecule has 8 heteroatoms. The fraction of sp³-hybridized carbons (Fsp3) is 0.136. The molecule has 1 N–H and O–H groups in total. The predicted molar refractivity (Wildman–Crippen MR) is 115 cm³/mol. The van der Waals surface area contributed by atoms with Gasteiger partial charge in [0.2, 0.25) is 0 Å². The Morgan fingerprint density at radius 2 is 2.00 bits per heavy atom. The van der Waals surface area contributed by atoms with E-state index in [4.69, 9.17) is 9.26 Å². The summed E-state index contributed by atoms with van der Waals surface area (Å²) in [5, 5.41) is 2.94. The number of amides is 1. The molecule has 0 spiro atoms. The summed E-state index contributed by atoms with van der Waals surface area (Å²) in [5.41, 5.74) is 2.05. The van der Waals surface area contributed by atoms with Gasteiger partial charge in [-0.05, 0) is 37.3 Å². The number of ether oxygens (including phenoxy) is 1. The Kier molecular flexibility index (Phi) is 5.58. The summed E-state index contributed by atoms with van der Waals surface area (Å²) in [6.45, 7) is 1.77. The standard InChI is InChI=1S/C22H19N3O4S/c1-14-10-20-23-16(12-21(26)25(20)29-14)13-30-19-9-4-3-8-18(19)24-22(27)15-6-5-7-17(11-15)28-2/h3-12H,13H2,1-2H3,(H,24,27). The molecule has 2 heterocycles. The zero-order valence-electron chi connectivity index (χ0n) is 16.4. The molecule has 0 radical (unpaired) electrons. The maximum absolute atomic E-state index is 12.7. The van der Waals surface area contributed by atoms with Gasteiger partial charge in [0.1, 0.15) is 11.5 Å². The highest BCUT2D eigenvalue weighted by Crippen LogP contribution is 2.30. The predicted octanol–water partition coefficient (Wildman–Crippen LogP) is 4.15. The SMILES string of the molecule is COc1cccc(C(=O)Nc2ccccc2SCc2cc(=O)n3oc(C)cc3n2)c1. The molecule has 1 amide bonds. The maximum atomic E-state index is 12.7. The molecule has 0 fully saturated rings. The van der Waals surface area contributed by atoms with Gasteiger partial charge >= 0.3 is 0 Å². The minimum Gasteiger partial charge on any atom is -0.497 e. The number of carbonyl (C=O) groups is 1. The minimum atomic E-state index is -0.261. The van der Waals surface area contributed by atoms with E-state index in [0.29, 0.717) is 39.9 Å². The van der Waals surface area contributed by atoms with Crippen LogP contribution in [0.1, 0.15) is 21.8 Å². The molecule has 0 saturated carbocycles. The molecule has 0 saturated heterocycles. The van der Waals surface area contributed by atoms with Crippen molar-refractivity contribution in [2.45, 2.75) is 17.6 Å². The lowest BCUT2D eigenvalue weighted by atomic mass is 10.2. The number of fused-ring (bicyclic) bond motifs is 1. The van der Waals surface area contributed by atoms with Gasteiger partial charge in [-0.1, -0.05) is 18.2 Å². The Balaban J connectivity index is 1.52. The van der Waals surface area contributed by atoms with Crippen LogP contribution >= 0.6 is 11.8 Å². The molecule has 0 aliphatic heterocycles. The third-order valence-corrected chi connectivity index (χ3v) is 5.47. The van der Waals surface area contributed by atoms with Crippen LogP contribution in [0.2, 0.25) is 0 Å². The number of benzene rings is 2. The van der Waals surface area contributed by atoms with Crippen LogP contribution in [0.25, 0.3) is 5.65 Å². The van der Waals surface area contributed by atoms with Gasteiger partial charge in [0.15, 0.2) is 5.65 Å². The molecule has 0 aliphatic carbocycles. The van der Waals surface area contributed by atoms with Gasteiger partial charge in [0.25, 0.3) is 11.5 Å². The number of methoxy groups -OCH3 is 1. The zero-order chi connectivity index (χ0) is 21.1. The second-order valence-electron chi connectivity index (χ2n) is 6.56. The van der Waals surface area contributed by atoms with Crippen molar-refractivity contribution < 1.29 is 14.1 Å². The Hall–Kier alpha value is -3.52. The molecule has 7 nitrogen and oxygen atoms in total. The van der Waals surface area contributed by atoms with Crippen molar-refractivity contribution in [2.75, 3.05) is 12.4 Å². The molecule has 2 aromatic heterocycles. The Bertz CT molecular complexity index is 1280. The summed E-state index contributed by atoms with van der Waals surface area (Å²) < 4.78 is 11.7. The average Bonchev–Trinajstić information content (AvgIpc) is 3.14.